The molecule has 17 heavy (non-hydrogen) atoms. The fourth-order valence-electron chi connectivity index (χ4n) is 1.33. The summed E-state index contributed by atoms with van der Waals surface area (Å²) < 4.78 is 5.12. The van der Waals surface area contributed by atoms with Gasteiger partial charge in [-0.1, -0.05) is 13.0 Å². The van der Waals surface area contributed by atoms with Crippen molar-refractivity contribution in [2.24, 2.45) is 0 Å². The van der Waals surface area contributed by atoms with Crippen LogP contribution in [0.15, 0.2) is 24.3 Å². The van der Waals surface area contributed by atoms with E-state index in [2.05, 4.69) is 5.32 Å². The number of anilines is 1. The lowest BCUT2D eigenvalue weighted by Gasteiger charge is -2.14. The third-order valence-corrected chi connectivity index (χ3v) is 2.18. The highest BCUT2D eigenvalue weighted by Crippen LogP contribution is 2.18. The van der Waals surface area contributed by atoms with E-state index < -0.39 is 12.0 Å². The zero-order valence-corrected chi connectivity index (χ0v) is 9.51. The van der Waals surface area contributed by atoms with Gasteiger partial charge in [0.05, 0.1) is 0 Å². The first-order chi connectivity index (χ1) is 8.17. The summed E-state index contributed by atoms with van der Waals surface area (Å²) in [5, 5.41) is 20.2. The number of rotatable bonds is 6. The average molecular weight is 234 g/mol. The van der Waals surface area contributed by atoms with Crippen molar-refractivity contribution in [1.29, 1.82) is 5.26 Å². The summed E-state index contributed by atoms with van der Waals surface area (Å²) >= 11 is 0. The Morgan fingerprint density at radius 1 is 1.65 bits per heavy atom. The van der Waals surface area contributed by atoms with Crippen LogP contribution in [-0.2, 0) is 4.79 Å². The molecule has 0 amide bonds. The molecule has 1 atom stereocenters. The minimum absolute atomic E-state index is 0.0282. The van der Waals surface area contributed by atoms with Gasteiger partial charge in [-0.15, -0.1) is 0 Å². The molecule has 0 aliphatic carbocycles. The molecule has 0 aliphatic rings. The molecular weight excluding hydrogens is 220 g/mol. The number of hydrogen-bond donors (Lipinski definition) is 2. The highest BCUT2D eigenvalue weighted by molar-refractivity contribution is 5.77. The number of carboxylic acids is 1. The first-order valence-corrected chi connectivity index (χ1v) is 5.26. The molecule has 90 valence electrons. The average Bonchev–Trinajstić information content (AvgIpc) is 2.33. The molecule has 0 bridgehead atoms. The van der Waals surface area contributed by atoms with E-state index in [0.717, 1.165) is 0 Å². The number of nitrogens with zero attached hydrogens (tertiary/aromatic N) is 1. The van der Waals surface area contributed by atoms with Gasteiger partial charge in [0.25, 0.3) is 0 Å². The molecule has 0 radical (unpaired) electrons. The van der Waals surface area contributed by atoms with Gasteiger partial charge in [-0.2, -0.15) is 5.26 Å². The molecule has 0 fully saturated rings. The lowest BCUT2D eigenvalue weighted by Crippen LogP contribution is -2.28. The van der Waals surface area contributed by atoms with Crippen LogP contribution in [0.1, 0.15) is 13.3 Å². The number of nitrogens with one attached hydrogen (secondary N) is 1. The van der Waals surface area contributed by atoms with Crippen molar-refractivity contribution in [3.05, 3.63) is 24.3 Å². The van der Waals surface area contributed by atoms with Crippen molar-refractivity contribution < 1.29 is 14.6 Å². The fraction of sp³-hybridized carbons (Fsp3) is 0.333. The standard InChI is InChI=1S/C12H14N2O3/c1-2-11(12(15)16)14-9-4-3-5-10(8-9)17-7-6-13/h3-5,8,11,14H,2,7H2,1H3,(H,15,16). The van der Waals surface area contributed by atoms with Crippen LogP contribution in [0.5, 0.6) is 5.75 Å². The lowest BCUT2D eigenvalue weighted by atomic mass is 10.2. The second-order valence-corrected chi connectivity index (χ2v) is 3.42. The zero-order valence-electron chi connectivity index (χ0n) is 9.51. The largest absolute Gasteiger partial charge is 0.480 e. The molecule has 1 aromatic rings. The summed E-state index contributed by atoms with van der Waals surface area (Å²) in [6.07, 6.45) is 0.485. The van der Waals surface area contributed by atoms with E-state index in [9.17, 15) is 4.79 Å². The molecule has 1 aromatic carbocycles. The number of benzene rings is 1. The van der Waals surface area contributed by atoms with Gasteiger partial charge in [0, 0.05) is 11.8 Å². The van der Waals surface area contributed by atoms with Crippen LogP contribution in [0.4, 0.5) is 5.69 Å². The van der Waals surface area contributed by atoms with Crippen LogP contribution >= 0.6 is 0 Å². The molecule has 0 aliphatic heterocycles. The Kier molecular flexibility index (Phi) is 4.82. The predicted molar refractivity (Wildman–Crippen MR) is 62.9 cm³/mol. The number of aliphatic carboxylic acids is 1. The molecule has 0 saturated carbocycles. The smallest absolute Gasteiger partial charge is 0.326 e. The SMILES string of the molecule is CCC(Nc1cccc(OCC#N)c1)C(=O)O. The van der Waals surface area contributed by atoms with E-state index in [0.29, 0.717) is 17.9 Å². The Morgan fingerprint density at radius 3 is 3.00 bits per heavy atom. The molecule has 2 N–H and O–H groups in total. The number of carboxylic acid groups (broad SMARTS) is 1. The van der Waals surface area contributed by atoms with Crippen molar-refractivity contribution in [3.8, 4) is 11.8 Å². The Balaban J connectivity index is 2.71. The number of nitriles is 1. The second kappa shape index (κ2) is 6.38. The van der Waals surface area contributed by atoms with Crippen LogP contribution in [-0.4, -0.2) is 23.7 Å². The maximum atomic E-state index is 10.9. The van der Waals surface area contributed by atoms with E-state index in [1.807, 2.05) is 6.07 Å². The van der Waals surface area contributed by atoms with E-state index in [1.54, 1.807) is 31.2 Å². The molecule has 5 nitrogen and oxygen atoms in total. The van der Waals surface area contributed by atoms with Crippen LogP contribution in [0.25, 0.3) is 0 Å². The van der Waals surface area contributed by atoms with Crippen molar-refractivity contribution in [2.75, 3.05) is 11.9 Å². The fourth-order valence-corrected chi connectivity index (χ4v) is 1.33. The zero-order chi connectivity index (χ0) is 12.7. The number of hydrogen-bond acceptors (Lipinski definition) is 4. The first kappa shape index (κ1) is 12.8. The minimum Gasteiger partial charge on any atom is -0.480 e. The van der Waals surface area contributed by atoms with E-state index in [-0.39, 0.29) is 6.61 Å². The van der Waals surface area contributed by atoms with Crippen molar-refractivity contribution in [2.45, 2.75) is 19.4 Å². The third-order valence-electron chi connectivity index (χ3n) is 2.18. The molecule has 0 aromatic heterocycles. The topological polar surface area (TPSA) is 82.3 Å². The van der Waals surface area contributed by atoms with Gasteiger partial charge in [0.15, 0.2) is 6.61 Å². The molecular formula is C12H14N2O3. The summed E-state index contributed by atoms with van der Waals surface area (Å²) in [6.45, 7) is 1.77. The molecule has 0 heterocycles. The Bertz CT molecular complexity index is 426. The first-order valence-electron chi connectivity index (χ1n) is 5.26. The van der Waals surface area contributed by atoms with Gasteiger partial charge in [-0.25, -0.2) is 4.79 Å². The van der Waals surface area contributed by atoms with Crippen molar-refractivity contribution >= 4 is 11.7 Å². The minimum atomic E-state index is -0.893. The quantitative estimate of drug-likeness (QED) is 0.785. The molecule has 0 spiro atoms. The maximum Gasteiger partial charge on any atom is 0.326 e. The van der Waals surface area contributed by atoms with Crippen LogP contribution < -0.4 is 10.1 Å². The van der Waals surface area contributed by atoms with Crippen LogP contribution in [0.3, 0.4) is 0 Å². The van der Waals surface area contributed by atoms with E-state index in [1.165, 1.54) is 0 Å². The summed E-state index contributed by atoms with van der Waals surface area (Å²) in [5.74, 6) is -0.354. The van der Waals surface area contributed by atoms with Gasteiger partial charge in [-0.3, -0.25) is 0 Å². The summed E-state index contributed by atoms with van der Waals surface area (Å²) in [7, 11) is 0. The monoisotopic (exact) mass is 234 g/mol. The molecule has 5 heteroatoms. The predicted octanol–water partition coefficient (Wildman–Crippen LogP) is 1.86. The van der Waals surface area contributed by atoms with Gasteiger partial charge in [0.2, 0.25) is 0 Å². The normalized spacial score (nSPS) is 11.3. The van der Waals surface area contributed by atoms with Crippen LogP contribution in [0, 0.1) is 11.3 Å². The molecule has 0 saturated heterocycles. The van der Waals surface area contributed by atoms with Gasteiger partial charge in [0.1, 0.15) is 17.9 Å². The van der Waals surface area contributed by atoms with Crippen LogP contribution in [0.2, 0.25) is 0 Å². The Labute approximate surface area is 99.6 Å². The molecule has 1 unspecified atom stereocenters. The van der Waals surface area contributed by atoms with E-state index >= 15 is 0 Å². The van der Waals surface area contributed by atoms with Crippen molar-refractivity contribution in [3.63, 3.8) is 0 Å². The van der Waals surface area contributed by atoms with Gasteiger partial charge in [-0.05, 0) is 18.6 Å². The Hall–Kier alpha value is -2.22. The summed E-state index contributed by atoms with van der Waals surface area (Å²) in [5.41, 5.74) is 0.662. The number of ether oxygens (including phenoxy) is 1. The van der Waals surface area contributed by atoms with Gasteiger partial charge < -0.3 is 15.2 Å². The van der Waals surface area contributed by atoms with Crippen molar-refractivity contribution in [1.82, 2.24) is 0 Å². The summed E-state index contributed by atoms with van der Waals surface area (Å²) in [4.78, 5) is 10.9. The highest BCUT2D eigenvalue weighted by atomic mass is 16.5. The number of carbonyl (C=O) groups is 1. The Morgan fingerprint density at radius 2 is 2.41 bits per heavy atom. The highest BCUT2D eigenvalue weighted by Gasteiger charge is 2.14. The lowest BCUT2D eigenvalue weighted by molar-refractivity contribution is -0.137. The van der Waals surface area contributed by atoms with Gasteiger partial charge >= 0.3 is 5.97 Å². The molecule has 1 rings (SSSR count). The second-order valence-electron chi connectivity index (χ2n) is 3.42. The third kappa shape index (κ3) is 4.03. The summed E-state index contributed by atoms with van der Waals surface area (Å²) in [6, 6.07) is 8.12. The van der Waals surface area contributed by atoms with E-state index in [4.69, 9.17) is 15.1 Å². The maximum absolute atomic E-state index is 10.9.